The van der Waals surface area contributed by atoms with Gasteiger partial charge in [-0.3, -0.25) is 0 Å². The Morgan fingerprint density at radius 2 is 1.18 bits per heavy atom. The zero-order valence-corrected chi connectivity index (χ0v) is 30.8. The minimum atomic E-state index is -1.13. The topological polar surface area (TPSA) is 16.6 Å². The Balaban J connectivity index is 0. The van der Waals surface area contributed by atoms with Crippen LogP contribution in [0.3, 0.4) is 0 Å². The maximum Gasteiger partial charge on any atom is 1.00 e. The molecule has 0 aliphatic heterocycles. The van der Waals surface area contributed by atoms with E-state index in [1.165, 1.54) is 31.7 Å². The predicted molar refractivity (Wildman–Crippen MR) is 153 cm³/mol. The second-order valence-corrected chi connectivity index (χ2v) is 25.9. The van der Waals surface area contributed by atoms with Gasteiger partial charge in [-0.05, 0) is 14.1 Å². The molecule has 33 heavy (non-hydrogen) atoms. The summed E-state index contributed by atoms with van der Waals surface area (Å²) in [5, 5.41) is 1.55. The Bertz CT molecular complexity index is 606. The Labute approximate surface area is 254 Å². The van der Waals surface area contributed by atoms with Crippen molar-refractivity contribution in [3.8, 4) is 0 Å². The maximum absolute atomic E-state index is 2.54. The van der Waals surface area contributed by atoms with Crippen LogP contribution in [0.25, 0.3) is 0 Å². The van der Waals surface area contributed by atoms with E-state index >= 15 is 0 Å². The molecule has 0 atom stereocenters. The zero-order chi connectivity index (χ0) is 25.1. The maximum atomic E-state index is 2.54. The standard InChI is InChI=1S/C16H31NPSi2.C9H23N3.K/c1-17(2)13-14-11-9-10-12-15(14)18-16(19(3,4)5)20(6,7)8;1-10(2)6-8-12(5)9-7-11(3)4;/h9-12,16H,13H2,1-8H3;6-9H2,1-5H3;/q-1;;+1/p+3. The summed E-state index contributed by atoms with van der Waals surface area (Å²) in [6.45, 7) is 21.4. The van der Waals surface area contributed by atoms with E-state index in [0.29, 0.717) is 0 Å². The molecular weight excluding hydrogens is 483 g/mol. The molecular formula is C25H57KN4PSi2+3. The van der Waals surface area contributed by atoms with Gasteiger partial charge in [0.15, 0.2) is 0 Å². The molecule has 0 spiro atoms. The van der Waals surface area contributed by atoms with Gasteiger partial charge in [0, 0.05) is 22.7 Å². The Morgan fingerprint density at radius 3 is 1.55 bits per heavy atom. The smallest absolute Gasteiger partial charge is 0.508 e. The quantitative estimate of drug-likeness (QED) is 0.194. The number of benzene rings is 1. The predicted octanol–water partition coefficient (Wildman–Crippen LogP) is -2.76. The average molecular weight is 540 g/mol. The van der Waals surface area contributed by atoms with Gasteiger partial charge in [0.2, 0.25) is 0 Å². The number of rotatable bonds is 12. The summed E-state index contributed by atoms with van der Waals surface area (Å²) in [7, 11) is 14.8. The first-order valence-electron chi connectivity index (χ1n) is 12.4. The molecule has 0 saturated carbocycles. The van der Waals surface area contributed by atoms with Crippen molar-refractivity contribution in [2.24, 2.45) is 0 Å². The third-order valence-corrected chi connectivity index (χ3v) is 20.4. The number of quaternary nitrogens is 3. The molecule has 1 aromatic rings. The van der Waals surface area contributed by atoms with Crippen molar-refractivity contribution in [2.75, 3.05) is 75.5 Å². The van der Waals surface area contributed by atoms with Crippen LogP contribution in [0.4, 0.5) is 0 Å². The third kappa shape index (κ3) is 18.5. The molecule has 4 nitrogen and oxygen atoms in total. The molecule has 0 radical (unpaired) electrons. The summed E-state index contributed by atoms with van der Waals surface area (Å²) in [5.41, 5.74) is 1.50. The fraction of sp³-hybridized carbons (Fsp3) is 0.760. The van der Waals surface area contributed by atoms with Crippen LogP contribution in [0.15, 0.2) is 24.3 Å². The summed E-state index contributed by atoms with van der Waals surface area (Å²) >= 11 is 0. The molecule has 0 aliphatic carbocycles. The van der Waals surface area contributed by atoms with E-state index in [4.69, 9.17) is 0 Å². The summed E-state index contributed by atoms with van der Waals surface area (Å²) in [6, 6.07) is 9.02. The molecule has 0 aliphatic rings. The van der Waals surface area contributed by atoms with E-state index in [0.717, 1.165) is 11.5 Å². The van der Waals surface area contributed by atoms with E-state index < -0.39 is 16.1 Å². The second-order valence-electron chi connectivity index (χ2n) is 12.5. The molecule has 0 saturated heterocycles. The van der Waals surface area contributed by atoms with Crippen molar-refractivity contribution in [2.45, 2.75) is 50.7 Å². The Morgan fingerprint density at radius 1 is 0.758 bits per heavy atom. The van der Waals surface area contributed by atoms with E-state index in [2.05, 4.69) is 118 Å². The minimum Gasteiger partial charge on any atom is -0.508 e. The van der Waals surface area contributed by atoms with Crippen molar-refractivity contribution >= 4 is 30.0 Å². The van der Waals surface area contributed by atoms with Gasteiger partial charge in [-0.25, -0.2) is 5.30 Å². The van der Waals surface area contributed by atoms with Gasteiger partial charge in [-0.15, -0.1) is 0 Å². The van der Waals surface area contributed by atoms with Crippen LogP contribution in [0, 0.1) is 0 Å². The van der Waals surface area contributed by atoms with Crippen LogP contribution in [0.1, 0.15) is 5.56 Å². The van der Waals surface area contributed by atoms with Gasteiger partial charge >= 0.3 is 51.4 Å². The molecule has 188 valence electrons. The first-order valence-corrected chi connectivity index (χ1v) is 20.5. The van der Waals surface area contributed by atoms with Gasteiger partial charge in [-0.1, -0.05) is 69.1 Å². The van der Waals surface area contributed by atoms with Crippen molar-refractivity contribution in [3.63, 3.8) is 0 Å². The zero-order valence-electron chi connectivity index (χ0n) is 24.8. The third-order valence-electron chi connectivity index (χ3n) is 5.49. The fourth-order valence-electron chi connectivity index (χ4n) is 3.99. The van der Waals surface area contributed by atoms with E-state index in [1.54, 1.807) is 28.6 Å². The molecule has 1 rings (SSSR count). The van der Waals surface area contributed by atoms with Crippen LogP contribution in [-0.2, 0) is 6.54 Å². The molecule has 0 amide bonds. The molecule has 0 bridgehead atoms. The van der Waals surface area contributed by atoms with Gasteiger partial charge < -0.3 is 28.2 Å². The van der Waals surface area contributed by atoms with Crippen LogP contribution in [0.2, 0.25) is 39.3 Å². The largest absolute Gasteiger partial charge is 1.00 e. The number of nitrogens with zero attached hydrogens (tertiary/aromatic N) is 1. The molecule has 0 fully saturated rings. The van der Waals surface area contributed by atoms with Gasteiger partial charge in [-0.2, -0.15) is 4.91 Å². The summed E-state index contributed by atoms with van der Waals surface area (Å²) < 4.78 is 0. The van der Waals surface area contributed by atoms with Crippen LogP contribution < -0.4 is 71.4 Å². The van der Waals surface area contributed by atoms with Gasteiger partial charge in [0.1, 0.15) is 26.2 Å². The van der Waals surface area contributed by atoms with Crippen molar-refractivity contribution in [1.82, 2.24) is 4.90 Å². The summed E-state index contributed by atoms with van der Waals surface area (Å²) in [6.07, 6.45) is 0. The number of likely N-dealkylation sites (N-methyl/N-ethyl adjacent to an activating group) is 3. The van der Waals surface area contributed by atoms with Crippen LogP contribution in [-0.4, -0.2) is 101 Å². The van der Waals surface area contributed by atoms with Crippen LogP contribution in [0.5, 0.6) is 0 Å². The van der Waals surface area contributed by atoms with Crippen molar-refractivity contribution < 1.29 is 66.1 Å². The number of hydrogen-bond donors (Lipinski definition) is 3. The van der Waals surface area contributed by atoms with Gasteiger partial charge in [0.25, 0.3) is 0 Å². The normalized spacial score (nSPS) is 12.8. The number of nitrogens with one attached hydrogen (secondary N) is 3. The first kappa shape index (κ1) is 36.7. The monoisotopic (exact) mass is 539 g/mol. The van der Waals surface area contributed by atoms with E-state index in [1.807, 2.05) is 0 Å². The SMILES string of the molecule is CN(C)Cc1ccccc1[P-]C([Si](C)(C)C)[Si](C)(C)C.C[NH+](C)CC[NH+](C)CC[NH+](C)C.[K+]. The van der Waals surface area contributed by atoms with Gasteiger partial charge in [0.05, 0.1) is 35.2 Å². The summed E-state index contributed by atoms with van der Waals surface area (Å²) in [5.74, 6) is 0. The Kier molecular flexibility index (Phi) is 19.9. The molecule has 3 N–H and O–H groups in total. The second kappa shape index (κ2) is 17.9. The molecule has 0 unspecified atom stereocenters. The van der Waals surface area contributed by atoms with Crippen LogP contribution >= 0.6 is 8.58 Å². The molecule has 1 aromatic carbocycles. The van der Waals surface area contributed by atoms with E-state index in [-0.39, 0.29) is 51.4 Å². The average Bonchev–Trinajstić information content (AvgIpc) is 2.62. The van der Waals surface area contributed by atoms with Crippen molar-refractivity contribution in [3.05, 3.63) is 29.8 Å². The molecule has 0 aromatic heterocycles. The first-order chi connectivity index (χ1) is 14.5. The fourth-order valence-corrected chi connectivity index (χ4v) is 19.1. The van der Waals surface area contributed by atoms with E-state index in [9.17, 15) is 0 Å². The number of hydrogen-bond acceptors (Lipinski definition) is 1. The molecule has 8 heteroatoms. The Hall–Kier alpha value is 1.56. The molecule has 0 heterocycles. The van der Waals surface area contributed by atoms with Crippen molar-refractivity contribution in [1.29, 1.82) is 0 Å². The summed E-state index contributed by atoms with van der Waals surface area (Å²) in [4.78, 5) is 7.93. The minimum absolute atomic E-state index is 0.